The second-order valence-corrected chi connectivity index (χ2v) is 7.47. The minimum atomic E-state index is -0.603. The molecule has 0 aliphatic carbocycles. The number of aromatic nitrogens is 2. The standard InChI is InChI=1S/C20H14N4O2S/c21-10-14-15(13-7-3-5-11-4-1-2-6-12(11)13)16-18(26-17(14)22)23-20-24(19(16)25)8-9-27-20/h1-7,15H,8-9,22H2. The molecule has 2 aliphatic heterocycles. The predicted octanol–water partition coefficient (Wildman–Crippen LogP) is 2.72. The lowest BCUT2D eigenvalue weighted by atomic mass is 9.82. The van der Waals surface area contributed by atoms with Crippen LogP contribution in [0.2, 0.25) is 0 Å². The van der Waals surface area contributed by atoms with Crippen LogP contribution in [0.5, 0.6) is 5.88 Å². The zero-order valence-corrected chi connectivity index (χ0v) is 15.0. The average molecular weight is 374 g/mol. The van der Waals surface area contributed by atoms with Crippen molar-refractivity contribution in [2.45, 2.75) is 17.6 Å². The molecule has 3 heterocycles. The van der Waals surface area contributed by atoms with E-state index in [1.54, 1.807) is 4.57 Å². The highest BCUT2D eigenvalue weighted by Crippen LogP contribution is 2.42. The van der Waals surface area contributed by atoms with Crippen molar-refractivity contribution in [3.05, 3.63) is 75.4 Å². The monoisotopic (exact) mass is 374 g/mol. The first-order valence-corrected chi connectivity index (χ1v) is 9.50. The van der Waals surface area contributed by atoms with Crippen molar-refractivity contribution in [3.8, 4) is 11.9 Å². The third-order valence-corrected chi connectivity index (χ3v) is 5.94. The molecule has 132 valence electrons. The quantitative estimate of drug-likeness (QED) is 0.658. The summed E-state index contributed by atoms with van der Waals surface area (Å²) in [7, 11) is 0. The Labute approximate surface area is 158 Å². The Balaban J connectivity index is 1.86. The summed E-state index contributed by atoms with van der Waals surface area (Å²) in [6, 6.07) is 15.9. The van der Waals surface area contributed by atoms with Gasteiger partial charge in [0.2, 0.25) is 11.8 Å². The summed E-state index contributed by atoms with van der Waals surface area (Å²) in [6.45, 7) is 0.600. The molecule has 1 unspecified atom stereocenters. The highest BCUT2D eigenvalue weighted by molar-refractivity contribution is 7.99. The van der Waals surface area contributed by atoms with Gasteiger partial charge in [-0.2, -0.15) is 10.2 Å². The molecule has 7 heteroatoms. The van der Waals surface area contributed by atoms with E-state index in [-0.39, 0.29) is 22.9 Å². The van der Waals surface area contributed by atoms with Gasteiger partial charge in [0.25, 0.3) is 5.56 Å². The second kappa shape index (κ2) is 5.89. The summed E-state index contributed by atoms with van der Waals surface area (Å²) in [6.07, 6.45) is 0. The van der Waals surface area contributed by atoms with Gasteiger partial charge in [-0.3, -0.25) is 9.36 Å². The molecule has 0 bridgehead atoms. The Hall–Kier alpha value is -3.24. The maximum absolute atomic E-state index is 13.3. The number of nitriles is 1. The summed E-state index contributed by atoms with van der Waals surface area (Å²) in [4.78, 5) is 17.8. The van der Waals surface area contributed by atoms with Crippen LogP contribution < -0.4 is 16.0 Å². The second-order valence-electron chi connectivity index (χ2n) is 6.41. The number of nitrogens with zero attached hydrogens (tertiary/aromatic N) is 3. The largest absolute Gasteiger partial charge is 0.422 e. The van der Waals surface area contributed by atoms with Crippen LogP contribution in [-0.4, -0.2) is 15.3 Å². The van der Waals surface area contributed by atoms with E-state index in [1.165, 1.54) is 11.8 Å². The van der Waals surface area contributed by atoms with Gasteiger partial charge in [0, 0.05) is 12.3 Å². The molecule has 2 N–H and O–H groups in total. The zero-order chi connectivity index (χ0) is 18.5. The summed E-state index contributed by atoms with van der Waals surface area (Å²) in [5.41, 5.74) is 7.35. The molecule has 5 rings (SSSR count). The summed E-state index contributed by atoms with van der Waals surface area (Å²) >= 11 is 1.51. The fourth-order valence-electron chi connectivity index (χ4n) is 3.77. The molecule has 0 saturated heterocycles. The highest BCUT2D eigenvalue weighted by atomic mass is 32.2. The molecular weight excluding hydrogens is 360 g/mol. The number of benzene rings is 2. The molecule has 0 radical (unpaired) electrons. The van der Waals surface area contributed by atoms with E-state index in [0.717, 1.165) is 22.1 Å². The molecule has 2 aliphatic rings. The van der Waals surface area contributed by atoms with Crippen LogP contribution in [-0.2, 0) is 6.54 Å². The van der Waals surface area contributed by atoms with E-state index in [2.05, 4.69) is 11.1 Å². The topological polar surface area (TPSA) is 93.9 Å². The van der Waals surface area contributed by atoms with E-state index >= 15 is 0 Å². The summed E-state index contributed by atoms with van der Waals surface area (Å²) < 4.78 is 7.26. The van der Waals surface area contributed by atoms with Gasteiger partial charge >= 0.3 is 0 Å². The first-order valence-electron chi connectivity index (χ1n) is 8.52. The minimum absolute atomic E-state index is 0.00258. The van der Waals surface area contributed by atoms with Crippen LogP contribution in [0, 0.1) is 11.3 Å². The van der Waals surface area contributed by atoms with Crippen molar-refractivity contribution in [2.75, 3.05) is 5.75 Å². The Morgan fingerprint density at radius 1 is 1.26 bits per heavy atom. The van der Waals surface area contributed by atoms with Crippen molar-refractivity contribution >= 4 is 22.5 Å². The third-order valence-electron chi connectivity index (χ3n) is 4.98. The van der Waals surface area contributed by atoms with Crippen molar-refractivity contribution in [3.63, 3.8) is 0 Å². The van der Waals surface area contributed by atoms with E-state index in [1.807, 2.05) is 42.5 Å². The Kier molecular flexibility index (Phi) is 3.49. The normalized spacial score (nSPS) is 18.0. The van der Waals surface area contributed by atoms with Gasteiger partial charge in [-0.25, -0.2) is 0 Å². The number of allylic oxidation sites excluding steroid dienone is 1. The Morgan fingerprint density at radius 3 is 2.93 bits per heavy atom. The maximum atomic E-state index is 13.3. The SMILES string of the molecule is N#CC1=C(N)Oc2nc3n(c(=O)c2C1c1cccc2ccccc12)CCS3. The lowest BCUT2D eigenvalue weighted by Crippen LogP contribution is -2.32. The minimum Gasteiger partial charge on any atom is -0.422 e. The number of hydrogen-bond donors (Lipinski definition) is 1. The number of rotatable bonds is 1. The molecule has 2 aromatic carbocycles. The number of fused-ring (bicyclic) bond motifs is 3. The van der Waals surface area contributed by atoms with Crippen molar-refractivity contribution in [1.29, 1.82) is 5.26 Å². The first-order chi connectivity index (χ1) is 13.2. The van der Waals surface area contributed by atoms with E-state index in [0.29, 0.717) is 17.3 Å². The fraction of sp³-hybridized carbons (Fsp3) is 0.150. The molecule has 0 fully saturated rings. The van der Waals surface area contributed by atoms with E-state index in [4.69, 9.17) is 10.5 Å². The van der Waals surface area contributed by atoms with Crippen LogP contribution in [0.1, 0.15) is 17.0 Å². The van der Waals surface area contributed by atoms with Gasteiger partial charge in [0.15, 0.2) is 5.16 Å². The average Bonchev–Trinajstić information content (AvgIpc) is 3.15. The summed E-state index contributed by atoms with van der Waals surface area (Å²) in [5.74, 6) is 0.393. The smallest absolute Gasteiger partial charge is 0.262 e. The van der Waals surface area contributed by atoms with E-state index < -0.39 is 5.92 Å². The number of nitrogens with two attached hydrogens (primary N) is 1. The molecule has 1 aromatic heterocycles. The van der Waals surface area contributed by atoms with Gasteiger partial charge in [-0.1, -0.05) is 54.2 Å². The Bertz CT molecular complexity index is 1230. The van der Waals surface area contributed by atoms with Crippen LogP contribution in [0.25, 0.3) is 10.8 Å². The maximum Gasteiger partial charge on any atom is 0.262 e. The zero-order valence-electron chi connectivity index (χ0n) is 14.2. The van der Waals surface area contributed by atoms with Gasteiger partial charge in [-0.15, -0.1) is 0 Å². The van der Waals surface area contributed by atoms with Crippen molar-refractivity contribution in [2.24, 2.45) is 5.73 Å². The number of hydrogen-bond acceptors (Lipinski definition) is 6. The van der Waals surface area contributed by atoms with Gasteiger partial charge in [-0.05, 0) is 16.3 Å². The molecule has 0 amide bonds. The molecular formula is C20H14N4O2S. The Morgan fingerprint density at radius 2 is 2.07 bits per heavy atom. The van der Waals surface area contributed by atoms with Crippen LogP contribution in [0.15, 0.2) is 63.9 Å². The lowest BCUT2D eigenvalue weighted by Gasteiger charge is -2.26. The number of thioether (sulfide) groups is 1. The lowest BCUT2D eigenvalue weighted by molar-refractivity contribution is 0.365. The van der Waals surface area contributed by atoms with Crippen molar-refractivity contribution < 1.29 is 4.74 Å². The van der Waals surface area contributed by atoms with Gasteiger partial charge in [0.05, 0.1) is 11.5 Å². The van der Waals surface area contributed by atoms with Gasteiger partial charge in [0.1, 0.15) is 11.6 Å². The predicted molar refractivity (Wildman–Crippen MR) is 102 cm³/mol. The number of ether oxygens (including phenoxy) is 1. The van der Waals surface area contributed by atoms with Crippen LogP contribution >= 0.6 is 11.8 Å². The first kappa shape index (κ1) is 16.0. The van der Waals surface area contributed by atoms with Crippen LogP contribution in [0.3, 0.4) is 0 Å². The molecule has 3 aromatic rings. The summed E-state index contributed by atoms with van der Waals surface area (Å²) in [5, 5.41) is 12.4. The van der Waals surface area contributed by atoms with Crippen LogP contribution in [0.4, 0.5) is 0 Å². The highest BCUT2D eigenvalue weighted by Gasteiger charge is 2.37. The van der Waals surface area contributed by atoms with Crippen molar-refractivity contribution in [1.82, 2.24) is 9.55 Å². The third kappa shape index (κ3) is 2.27. The fourth-order valence-corrected chi connectivity index (χ4v) is 4.70. The molecule has 0 spiro atoms. The van der Waals surface area contributed by atoms with E-state index in [9.17, 15) is 10.1 Å². The van der Waals surface area contributed by atoms with Gasteiger partial charge < -0.3 is 10.5 Å². The molecule has 27 heavy (non-hydrogen) atoms. The molecule has 1 atom stereocenters. The molecule has 6 nitrogen and oxygen atoms in total. The molecule has 0 saturated carbocycles.